The van der Waals surface area contributed by atoms with Crippen molar-refractivity contribution in [3.05, 3.63) is 52.6 Å². The van der Waals surface area contributed by atoms with Gasteiger partial charge in [-0.15, -0.1) is 11.8 Å². The lowest BCUT2D eigenvalue weighted by Crippen LogP contribution is -2.32. The number of phenolic OH excluding ortho intramolecular Hbond substituents is 1. The highest BCUT2D eigenvalue weighted by Gasteiger charge is 2.17. The van der Waals surface area contributed by atoms with Gasteiger partial charge >= 0.3 is 0 Å². The monoisotopic (exact) mass is 458 g/mol. The zero-order chi connectivity index (χ0) is 23.5. The summed E-state index contributed by atoms with van der Waals surface area (Å²) in [7, 11) is 0. The van der Waals surface area contributed by atoms with Crippen LogP contribution >= 0.6 is 11.8 Å². The molecule has 0 spiro atoms. The van der Waals surface area contributed by atoms with Gasteiger partial charge < -0.3 is 21.1 Å². The molecule has 7 nitrogen and oxygen atoms in total. The number of Topliss-reactive ketones (excluding diaryl/α,β-unsaturated/α-hetero) is 1. The molecular weight excluding hydrogens is 424 g/mol. The van der Waals surface area contributed by atoms with Crippen LogP contribution in [-0.4, -0.2) is 29.1 Å². The molecule has 0 aliphatic carbocycles. The number of phenols is 1. The number of carbonyl (C=O) groups excluding carboxylic acids is 1. The van der Waals surface area contributed by atoms with Crippen molar-refractivity contribution in [1.82, 2.24) is 5.43 Å². The van der Waals surface area contributed by atoms with E-state index in [0.717, 1.165) is 29.7 Å². The zero-order valence-corrected chi connectivity index (χ0v) is 19.9. The van der Waals surface area contributed by atoms with Gasteiger partial charge in [-0.2, -0.15) is 5.10 Å². The number of aryl methyl sites for hydroxylation is 1. The summed E-state index contributed by atoms with van der Waals surface area (Å²) in [5.41, 5.74) is 5.87. The Morgan fingerprint density at radius 1 is 1.25 bits per heavy atom. The van der Waals surface area contributed by atoms with E-state index in [1.165, 1.54) is 10.5 Å². The van der Waals surface area contributed by atoms with Gasteiger partial charge in [0.1, 0.15) is 17.3 Å². The van der Waals surface area contributed by atoms with Gasteiger partial charge in [-0.25, -0.2) is 5.84 Å². The molecule has 0 bridgehead atoms. The normalized spacial score (nSPS) is 11.4. The first kappa shape index (κ1) is 25.5. The summed E-state index contributed by atoms with van der Waals surface area (Å²) in [4.78, 5) is 13.3. The molecular formula is C24H34N4O3S. The number of hydrogen-bond acceptors (Lipinski definition) is 7. The minimum Gasteiger partial charge on any atom is -0.507 e. The molecule has 0 amide bonds. The maximum atomic E-state index is 12.0. The third-order valence-electron chi connectivity index (χ3n) is 5.10. The molecule has 2 rings (SSSR count). The zero-order valence-electron chi connectivity index (χ0n) is 19.1. The van der Waals surface area contributed by atoms with Gasteiger partial charge in [0.2, 0.25) is 0 Å². The molecule has 0 aliphatic rings. The fourth-order valence-corrected chi connectivity index (χ4v) is 4.33. The predicted octanol–water partition coefficient (Wildman–Crippen LogP) is 4.09. The summed E-state index contributed by atoms with van der Waals surface area (Å²) in [5, 5.41) is 14.2. The first-order valence-electron chi connectivity index (χ1n) is 10.9. The predicted molar refractivity (Wildman–Crippen MR) is 131 cm³/mol. The van der Waals surface area contributed by atoms with Gasteiger partial charge in [0.05, 0.1) is 12.2 Å². The lowest BCUT2D eigenvalue weighted by molar-refractivity contribution is 0.0985. The number of benzene rings is 2. The molecule has 0 heterocycles. The summed E-state index contributed by atoms with van der Waals surface area (Å²) >= 11 is 1.78. The summed E-state index contributed by atoms with van der Waals surface area (Å²) in [6.07, 6.45) is 3.31. The van der Waals surface area contributed by atoms with Crippen LogP contribution in [0.4, 0.5) is 0 Å². The first-order chi connectivity index (χ1) is 15.4. The first-order valence-corrected chi connectivity index (χ1v) is 11.9. The Balaban J connectivity index is 1.91. The van der Waals surface area contributed by atoms with Gasteiger partial charge in [0.25, 0.3) is 0 Å². The van der Waals surface area contributed by atoms with Crippen LogP contribution in [0.2, 0.25) is 0 Å². The Kier molecular flexibility index (Phi) is 10.4. The van der Waals surface area contributed by atoms with Crippen molar-refractivity contribution < 1.29 is 14.6 Å². The number of aromatic hydroxyl groups is 1. The van der Waals surface area contributed by atoms with Gasteiger partial charge in [-0.1, -0.05) is 32.4 Å². The van der Waals surface area contributed by atoms with E-state index in [0.29, 0.717) is 43.0 Å². The van der Waals surface area contributed by atoms with E-state index in [1.54, 1.807) is 30.8 Å². The number of hydrogen-bond donors (Lipinski definition) is 4. The van der Waals surface area contributed by atoms with Crippen molar-refractivity contribution in [2.75, 3.05) is 12.4 Å². The fourth-order valence-electron chi connectivity index (χ4n) is 3.39. The van der Waals surface area contributed by atoms with Crippen LogP contribution in [0.15, 0.2) is 40.3 Å². The van der Waals surface area contributed by atoms with Gasteiger partial charge in [-0.05, 0) is 49.1 Å². The number of ketones is 1. The molecule has 0 saturated carbocycles. The highest BCUT2D eigenvalue weighted by atomic mass is 32.2. The average Bonchev–Trinajstić information content (AvgIpc) is 2.80. The van der Waals surface area contributed by atoms with Gasteiger partial charge in [0, 0.05) is 29.1 Å². The number of amidine groups is 1. The average molecular weight is 459 g/mol. The van der Waals surface area contributed by atoms with Crippen LogP contribution in [0.5, 0.6) is 11.5 Å². The van der Waals surface area contributed by atoms with Crippen LogP contribution in [0.3, 0.4) is 0 Å². The topological polar surface area (TPSA) is 123 Å². The van der Waals surface area contributed by atoms with Crippen LogP contribution in [0.25, 0.3) is 0 Å². The molecule has 32 heavy (non-hydrogen) atoms. The second-order valence-electron chi connectivity index (χ2n) is 7.51. The van der Waals surface area contributed by atoms with E-state index in [4.69, 9.17) is 16.4 Å². The number of ether oxygens (including phenoxy) is 1. The Morgan fingerprint density at radius 3 is 2.66 bits per heavy atom. The summed E-state index contributed by atoms with van der Waals surface area (Å²) in [5.74, 6) is 12.8. The van der Waals surface area contributed by atoms with Crippen LogP contribution in [0.1, 0.15) is 60.2 Å². The SMILES string of the molecule is CCCc1c(OCCCSc2ccc(C/C(=N/N)NN)cc2C)ccc(C(=O)CC)c1O. The molecule has 6 N–H and O–H groups in total. The van der Waals surface area contributed by atoms with Crippen molar-refractivity contribution in [3.8, 4) is 11.5 Å². The van der Waals surface area contributed by atoms with Gasteiger partial charge in [0.15, 0.2) is 5.78 Å². The van der Waals surface area contributed by atoms with E-state index >= 15 is 0 Å². The summed E-state index contributed by atoms with van der Waals surface area (Å²) < 4.78 is 5.97. The van der Waals surface area contributed by atoms with Crippen molar-refractivity contribution >= 4 is 23.4 Å². The van der Waals surface area contributed by atoms with E-state index in [9.17, 15) is 9.90 Å². The molecule has 0 fully saturated rings. The largest absolute Gasteiger partial charge is 0.507 e. The Hall–Kier alpha value is -2.71. The van der Waals surface area contributed by atoms with Crippen molar-refractivity contribution in [3.63, 3.8) is 0 Å². The highest BCUT2D eigenvalue weighted by Crippen LogP contribution is 2.33. The van der Waals surface area contributed by atoms with E-state index in [1.807, 2.05) is 13.0 Å². The standard InChI is InChI=1S/C24H34N4O3S/c1-4-7-19-21(10-9-18(24(19)30)20(29)5-2)31-12-6-13-32-22-11-8-17(14-16(22)3)15-23(27-25)28-26/h8-11,14,30H,4-7,12-13,15,25-26H2,1-3H3,(H,27,28). The summed E-state index contributed by atoms with van der Waals surface area (Å²) in [6.45, 7) is 6.45. The number of carbonyl (C=O) groups is 1. The molecule has 2 aromatic carbocycles. The summed E-state index contributed by atoms with van der Waals surface area (Å²) in [6, 6.07) is 9.73. The molecule has 0 radical (unpaired) electrons. The molecule has 0 atom stereocenters. The molecule has 0 unspecified atom stereocenters. The number of rotatable bonds is 12. The molecule has 8 heteroatoms. The third kappa shape index (κ3) is 6.90. The maximum absolute atomic E-state index is 12.0. The molecule has 0 saturated heterocycles. The third-order valence-corrected chi connectivity index (χ3v) is 6.36. The fraction of sp³-hybridized carbons (Fsp3) is 0.417. The molecule has 2 aromatic rings. The molecule has 0 aliphatic heterocycles. The molecule has 174 valence electrons. The van der Waals surface area contributed by atoms with Crippen LogP contribution in [0, 0.1) is 6.92 Å². The smallest absolute Gasteiger partial charge is 0.166 e. The second kappa shape index (κ2) is 13.0. The Labute approximate surface area is 194 Å². The Morgan fingerprint density at radius 2 is 2.03 bits per heavy atom. The highest BCUT2D eigenvalue weighted by molar-refractivity contribution is 7.99. The van der Waals surface area contributed by atoms with E-state index in [2.05, 4.69) is 29.6 Å². The van der Waals surface area contributed by atoms with Crippen molar-refractivity contribution in [2.24, 2.45) is 16.8 Å². The quantitative estimate of drug-likeness (QED) is 0.0718. The number of nitrogens with zero attached hydrogens (tertiary/aromatic N) is 1. The minimum atomic E-state index is -0.0602. The lowest BCUT2D eigenvalue weighted by Gasteiger charge is -2.15. The lowest BCUT2D eigenvalue weighted by atomic mass is 10.00. The number of nitrogens with one attached hydrogen (secondary N) is 1. The Bertz CT molecular complexity index is 947. The van der Waals surface area contributed by atoms with Crippen LogP contribution in [-0.2, 0) is 12.8 Å². The maximum Gasteiger partial charge on any atom is 0.166 e. The van der Waals surface area contributed by atoms with E-state index < -0.39 is 0 Å². The van der Waals surface area contributed by atoms with E-state index in [-0.39, 0.29) is 11.5 Å². The number of hydrazine groups is 1. The second-order valence-corrected chi connectivity index (χ2v) is 8.65. The van der Waals surface area contributed by atoms with Crippen molar-refractivity contribution in [2.45, 2.75) is 57.8 Å². The molecule has 0 aromatic heterocycles. The number of hydrazone groups is 1. The minimum absolute atomic E-state index is 0.0602. The number of thioether (sulfide) groups is 1. The van der Waals surface area contributed by atoms with Crippen LogP contribution < -0.4 is 21.8 Å². The number of nitrogens with two attached hydrogens (primary N) is 2. The van der Waals surface area contributed by atoms with Crippen molar-refractivity contribution in [1.29, 1.82) is 0 Å². The van der Waals surface area contributed by atoms with Gasteiger partial charge in [-0.3, -0.25) is 4.79 Å².